The summed E-state index contributed by atoms with van der Waals surface area (Å²) in [4.78, 5) is 24.2. The van der Waals surface area contributed by atoms with Crippen molar-refractivity contribution in [2.24, 2.45) is 22.7 Å². The summed E-state index contributed by atoms with van der Waals surface area (Å²) in [5, 5.41) is -1.96. The molecule has 0 radical (unpaired) electrons. The molecular weight excluding hydrogens is 431 g/mol. The number of carbonyl (C=O) groups is 2. The van der Waals surface area contributed by atoms with E-state index in [1.165, 1.54) is 0 Å². The van der Waals surface area contributed by atoms with E-state index < -0.39 is 33.7 Å². The van der Waals surface area contributed by atoms with Crippen molar-refractivity contribution >= 4 is 22.1 Å². The van der Waals surface area contributed by atoms with Crippen LogP contribution in [0.3, 0.4) is 0 Å². The Morgan fingerprint density at radius 1 is 0.871 bits per heavy atom. The van der Waals surface area contributed by atoms with E-state index in [9.17, 15) is 22.6 Å². The zero-order chi connectivity index (χ0) is 23.8. The van der Waals surface area contributed by atoms with E-state index in [-0.39, 0.29) is 60.9 Å². The fraction of sp³-hybridized carbons (Fsp3) is 0.909. The molecule has 0 aromatic rings. The minimum absolute atomic E-state index is 0. The summed E-state index contributed by atoms with van der Waals surface area (Å²) in [7, 11) is -4.78. The zero-order valence-electron chi connectivity index (χ0n) is 22.0. The van der Waals surface area contributed by atoms with Gasteiger partial charge in [-0.15, -0.1) is 0 Å². The number of hydrogen-bond donors (Lipinski definition) is 1. The van der Waals surface area contributed by atoms with Crippen molar-refractivity contribution in [2.45, 2.75) is 92.7 Å². The minimum atomic E-state index is -4.78. The van der Waals surface area contributed by atoms with Crippen LogP contribution in [0.4, 0.5) is 0 Å². The maximum atomic E-state index is 12.2. The van der Waals surface area contributed by atoms with Gasteiger partial charge in [-0.2, -0.15) is 8.42 Å². The predicted octanol–water partition coefficient (Wildman–Crippen LogP) is 1.76. The number of esters is 2. The first-order valence-electron chi connectivity index (χ1n) is 10.7. The van der Waals surface area contributed by atoms with Gasteiger partial charge in [0, 0.05) is 0 Å². The van der Waals surface area contributed by atoms with Gasteiger partial charge in [0.25, 0.3) is 10.1 Å². The third-order valence-corrected chi connectivity index (χ3v) is 5.70. The Morgan fingerprint density at radius 2 is 1.26 bits per heavy atom. The molecule has 3 unspecified atom stereocenters. The third kappa shape index (κ3) is 18.0. The first-order valence-corrected chi connectivity index (χ1v) is 12.2. The quantitative estimate of drug-likeness (QED) is 0.261. The van der Waals surface area contributed by atoms with Crippen LogP contribution in [-0.4, -0.2) is 43.4 Å². The summed E-state index contributed by atoms with van der Waals surface area (Å²) in [6, 6.07) is 0. The molecule has 0 rings (SSSR count). The zero-order valence-corrected chi connectivity index (χ0v) is 23.8. The van der Waals surface area contributed by atoms with E-state index in [2.05, 4.69) is 48.5 Å². The second-order valence-electron chi connectivity index (χ2n) is 10.9. The van der Waals surface area contributed by atoms with Crippen molar-refractivity contribution in [3.8, 4) is 0 Å². The Balaban J connectivity index is -0.00000420. The number of ether oxygens (including phenoxy) is 2. The Morgan fingerprint density at radius 3 is 1.61 bits per heavy atom. The van der Waals surface area contributed by atoms with Crippen molar-refractivity contribution in [3.05, 3.63) is 0 Å². The summed E-state index contributed by atoms with van der Waals surface area (Å²) in [6.07, 6.45) is 2.32. The van der Waals surface area contributed by atoms with Gasteiger partial charge in [0.05, 0.1) is 19.6 Å². The summed E-state index contributed by atoms with van der Waals surface area (Å²) in [5.41, 5.74) is 0.294. The largest absolute Gasteiger partial charge is 1.00 e. The van der Waals surface area contributed by atoms with Crippen LogP contribution >= 0.6 is 0 Å². The fourth-order valence-electron chi connectivity index (χ4n) is 3.64. The maximum absolute atomic E-state index is 12.2. The molecule has 0 aliphatic heterocycles. The summed E-state index contributed by atoms with van der Waals surface area (Å²) >= 11 is 0. The topological polar surface area (TPSA) is 107 Å². The van der Waals surface area contributed by atoms with Crippen molar-refractivity contribution in [1.29, 1.82) is 0 Å². The molecular formula is C22H43NaO7S. The molecule has 7 nitrogen and oxygen atoms in total. The van der Waals surface area contributed by atoms with Crippen LogP contribution in [0.15, 0.2) is 0 Å². The first kappa shape index (κ1) is 33.0. The molecule has 0 saturated heterocycles. The molecule has 0 heterocycles. The molecule has 0 spiro atoms. The molecule has 31 heavy (non-hydrogen) atoms. The predicted molar refractivity (Wildman–Crippen MR) is 119 cm³/mol. The molecule has 180 valence electrons. The summed E-state index contributed by atoms with van der Waals surface area (Å²) in [5.74, 6) is -1.37. The fourth-order valence-corrected chi connectivity index (χ4v) is 4.30. The molecule has 0 fully saturated rings. The van der Waals surface area contributed by atoms with Gasteiger partial charge in [0.15, 0.2) is 5.25 Å². The van der Waals surface area contributed by atoms with Crippen molar-refractivity contribution < 1.29 is 63.0 Å². The Bertz CT molecular complexity index is 654. The van der Waals surface area contributed by atoms with Gasteiger partial charge in [-0.05, 0) is 48.3 Å². The van der Waals surface area contributed by atoms with Crippen LogP contribution in [0.1, 0.15) is 88.9 Å². The van der Waals surface area contributed by atoms with Crippen LogP contribution in [-0.2, 0) is 29.2 Å². The second kappa shape index (κ2) is 14.2. The third-order valence-electron chi connectivity index (χ3n) is 4.62. The Hall–Kier alpha value is -0.150. The van der Waals surface area contributed by atoms with Crippen LogP contribution in [0, 0.1) is 22.7 Å². The summed E-state index contributed by atoms with van der Waals surface area (Å²) < 4.78 is 42.6. The van der Waals surface area contributed by atoms with E-state index in [0.717, 1.165) is 12.8 Å². The molecule has 0 amide bonds. The van der Waals surface area contributed by atoms with Gasteiger partial charge in [-0.3, -0.25) is 14.1 Å². The van der Waals surface area contributed by atoms with Crippen LogP contribution < -0.4 is 29.6 Å². The van der Waals surface area contributed by atoms with Gasteiger partial charge in [0.2, 0.25) is 0 Å². The van der Waals surface area contributed by atoms with E-state index in [1.54, 1.807) is 0 Å². The van der Waals surface area contributed by atoms with E-state index in [4.69, 9.17) is 9.47 Å². The average molecular weight is 475 g/mol. The molecule has 0 aliphatic carbocycles. The standard InChI is InChI=1S/C22H42O7S.Na.H/c1-16(14-21(3,4)5)9-11-28-19(23)13-18(30(25,26)27)20(24)29-12-10-17(2)15-22(6,7)8;;/h16-18H,9-15H2,1-8H3,(H,25,26,27);;/q;+1;-1. The maximum Gasteiger partial charge on any atom is 1.00 e. The van der Waals surface area contributed by atoms with Crippen LogP contribution in [0.5, 0.6) is 0 Å². The Labute approximate surface area is 212 Å². The normalized spacial score (nSPS) is 15.4. The van der Waals surface area contributed by atoms with Crippen molar-refractivity contribution in [2.75, 3.05) is 13.2 Å². The molecule has 0 bridgehead atoms. The first-order chi connectivity index (χ1) is 13.4. The van der Waals surface area contributed by atoms with Crippen molar-refractivity contribution in [1.82, 2.24) is 0 Å². The van der Waals surface area contributed by atoms with Crippen LogP contribution in [0.2, 0.25) is 0 Å². The van der Waals surface area contributed by atoms with Gasteiger partial charge >= 0.3 is 41.5 Å². The summed E-state index contributed by atoms with van der Waals surface area (Å²) in [6.45, 7) is 17.0. The molecule has 0 saturated carbocycles. The SMILES string of the molecule is CC(CCOC(=O)CC(C(=O)OCCC(C)CC(C)(C)C)S(=O)(=O)O)CC(C)(C)C.[H-].[Na+]. The molecule has 1 N–H and O–H groups in total. The molecule has 0 aromatic carbocycles. The van der Waals surface area contributed by atoms with E-state index in [1.807, 2.05) is 6.92 Å². The molecule has 0 aliphatic rings. The van der Waals surface area contributed by atoms with Gasteiger partial charge < -0.3 is 10.9 Å². The Kier molecular flexibility index (Phi) is 15.1. The van der Waals surface area contributed by atoms with Gasteiger partial charge in [-0.1, -0.05) is 55.4 Å². The second-order valence-corrected chi connectivity index (χ2v) is 12.5. The van der Waals surface area contributed by atoms with E-state index in [0.29, 0.717) is 18.8 Å². The molecule has 9 heteroatoms. The smallest absolute Gasteiger partial charge is 1.00 e. The monoisotopic (exact) mass is 474 g/mol. The van der Waals surface area contributed by atoms with Crippen LogP contribution in [0.25, 0.3) is 0 Å². The van der Waals surface area contributed by atoms with E-state index >= 15 is 0 Å². The molecule has 3 atom stereocenters. The average Bonchev–Trinajstić information content (AvgIpc) is 2.47. The van der Waals surface area contributed by atoms with Gasteiger partial charge in [0.1, 0.15) is 0 Å². The number of carbonyl (C=O) groups excluding carboxylic acids is 2. The number of hydrogen-bond acceptors (Lipinski definition) is 6. The minimum Gasteiger partial charge on any atom is -1.00 e. The van der Waals surface area contributed by atoms with Crippen molar-refractivity contribution in [3.63, 3.8) is 0 Å². The van der Waals surface area contributed by atoms with Gasteiger partial charge in [-0.25, -0.2) is 0 Å². The molecule has 0 aromatic heterocycles. The number of rotatable bonds is 12.